The maximum atomic E-state index is 6.50. The third-order valence-electron chi connectivity index (χ3n) is 18.7. The highest BCUT2D eigenvalue weighted by atomic mass is 32.1. The van der Waals surface area contributed by atoms with Gasteiger partial charge in [0, 0.05) is 64.9 Å². The number of thiophene rings is 2. The van der Waals surface area contributed by atoms with Gasteiger partial charge in [-0.25, -0.2) is 0 Å². The fourth-order valence-corrected chi connectivity index (χ4v) is 18.1. The first-order chi connectivity index (χ1) is 40.2. The Morgan fingerprint density at radius 2 is 0.573 bits per heavy atom. The number of hydrogen-bond donors (Lipinski definition) is 0. The van der Waals surface area contributed by atoms with E-state index in [-0.39, 0.29) is 10.8 Å². The standard InChI is InChI=1S/C76H54N2O2S2/c1-73(2)55-29-13-17-33-59(55)75(60-34-18-14-30-56(60)73)63-45-69(77(47-23-7-5-8-24-47)49-39-41-67-53(43-49)51-27-11-21-37-65(51)79-67)82-72(63)76(61-35-19-15-31-57(61)74(3,4)58-32-16-20-36-62(58)76)64-46-70(81-71(64)75)78(48-25-9-6-10-26-48)50-40-42-68-54(44-50)52-28-12-22-38-66(52)80-68/h5-46H,1-4H3. The number of furan rings is 2. The molecule has 82 heavy (non-hydrogen) atoms. The Morgan fingerprint density at radius 1 is 0.268 bits per heavy atom. The quantitative estimate of drug-likeness (QED) is 0.166. The Kier molecular flexibility index (Phi) is 9.96. The van der Waals surface area contributed by atoms with E-state index >= 15 is 0 Å². The fourth-order valence-electron chi connectivity index (χ4n) is 15.1. The zero-order chi connectivity index (χ0) is 54.7. The molecule has 0 saturated carbocycles. The smallest absolute Gasteiger partial charge is 0.135 e. The predicted molar refractivity (Wildman–Crippen MR) is 341 cm³/mol. The highest BCUT2D eigenvalue weighted by Crippen LogP contribution is 2.71. The molecular weight excluding hydrogens is 1040 g/mol. The van der Waals surface area contributed by atoms with Gasteiger partial charge in [-0.3, -0.25) is 0 Å². The summed E-state index contributed by atoms with van der Waals surface area (Å²) in [5, 5.41) is 6.68. The summed E-state index contributed by atoms with van der Waals surface area (Å²) in [4.78, 5) is 7.67. The lowest BCUT2D eigenvalue weighted by molar-refractivity contribution is 0.522. The molecule has 392 valence electrons. The molecule has 0 aliphatic heterocycles. The van der Waals surface area contributed by atoms with Crippen LogP contribution >= 0.6 is 22.7 Å². The molecule has 3 aliphatic carbocycles. The molecule has 14 aromatic rings. The van der Waals surface area contributed by atoms with E-state index in [1.54, 1.807) is 0 Å². The van der Waals surface area contributed by atoms with E-state index in [0.717, 1.165) is 76.6 Å². The van der Waals surface area contributed by atoms with Gasteiger partial charge in [-0.05, 0) is 141 Å². The zero-order valence-corrected chi connectivity index (χ0v) is 47.4. The minimum absolute atomic E-state index is 0.307. The molecule has 0 fully saturated rings. The number of anilines is 6. The molecule has 0 atom stereocenters. The van der Waals surface area contributed by atoms with Gasteiger partial charge in [-0.1, -0.05) is 198 Å². The maximum absolute atomic E-state index is 6.50. The lowest BCUT2D eigenvalue weighted by atomic mass is 9.48. The molecule has 4 aromatic heterocycles. The highest BCUT2D eigenvalue weighted by Gasteiger charge is 2.62. The Bertz CT molecular complexity index is 4460. The van der Waals surface area contributed by atoms with E-state index in [1.165, 1.54) is 65.4 Å². The summed E-state index contributed by atoms with van der Waals surface area (Å²) < 4.78 is 13.0. The molecular formula is C76H54N2O2S2. The van der Waals surface area contributed by atoms with Gasteiger partial charge in [0.15, 0.2) is 0 Å². The average Bonchev–Trinajstić information content (AvgIpc) is 1.90. The van der Waals surface area contributed by atoms with Crippen LogP contribution in [0.1, 0.15) is 93.1 Å². The maximum Gasteiger partial charge on any atom is 0.135 e. The van der Waals surface area contributed by atoms with Crippen LogP contribution in [0, 0.1) is 0 Å². The van der Waals surface area contributed by atoms with E-state index in [2.05, 4.69) is 292 Å². The molecule has 6 heteroatoms. The first kappa shape index (κ1) is 47.6. The summed E-state index contributed by atoms with van der Waals surface area (Å²) in [7, 11) is 0. The molecule has 4 heterocycles. The van der Waals surface area contributed by atoms with E-state index < -0.39 is 10.8 Å². The Hall–Kier alpha value is -9.20. The van der Waals surface area contributed by atoms with Crippen molar-refractivity contribution in [2.45, 2.75) is 49.4 Å². The SMILES string of the molecule is CC1(C)c2ccccc2C2(c3ccccc31)c1cc(N(c3ccccc3)c3ccc4oc5ccccc5c4c3)sc1C1(c3ccccc3C(C)(C)c3ccccc31)c1cc(N(c3ccccc3)c3ccc4oc5ccccc5c4c3)sc12. The molecule has 4 nitrogen and oxygen atoms in total. The molecule has 0 saturated heterocycles. The lowest BCUT2D eigenvalue weighted by Crippen LogP contribution is -2.50. The molecule has 0 unspecified atom stereocenters. The Morgan fingerprint density at radius 3 is 0.939 bits per heavy atom. The summed E-state index contributed by atoms with van der Waals surface area (Å²) in [5.41, 5.74) is 18.9. The second kappa shape index (κ2) is 17.2. The van der Waals surface area contributed by atoms with E-state index in [4.69, 9.17) is 8.83 Å². The van der Waals surface area contributed by atoms with Crippen molar-refractivity contribution < 1.29 is 8.83 Å². The average molecular weight is 1090 g/mol. The van der Waals surface area contributed by atoms with Gasteiger partial charge in [0.1, 0.15) is 32.3 Å². The monoisotopic (exact) mass is 1090 g/mol. The van der Waals surface area contributed by atoms with Gasteiger partial charge in [-0.15, -0.1) is 22.7 Å². The highest BCUT2D eigenvalue weighted by molar-refractivity contribution is 7.18. The van der Waals surface area contributed by atoms with Crippen molar-refractivity contribution >= 4 is 99.3 Å². The van der Waals surface area contributed by atoms with Gasteiger partial charge in [-0.2, -0.15) is 0 Å². The van der Waals surface area contributed by atoms with Gasteiger partial charge >= 0.3 is 0 Å². The van der Waals surface area contributed by atoms with Crippen molar-refractivity contribution in [1.82, 2.24) is 0 Å². The van der Waals surface area contributed by atoms with E-state index in [0.29, 0.717) is 0 Å². The number of nitrogens with zero attached hydrogens (tertiary/aromatic N) is 2. The largest absolute Gasteiger partial charge is 0.456 e. The van der Waals surface area contributed by atoms with E-state index in [9.17, 15) is 0 Å². The van der Waals surface area contributed by atoms with Crippen LogP contribution < -0.4 is 9.80 Å². The number of hydrogen-bond acceptors (Lipinski definition) is 6. The first-order valence-electron chi connectivity index (χ1n) is 28.4. The van der Waals surface area contributed by atoms with Crippen LogP contribution in [-0.4, -0.2) is 0 Å². The molecule has 0 amide bonds. The van der Waals surface area contributed by atoms with Gasteiger partial charge in [0.2, 0.25) is 0 Å². The summed E-state index contributed by atoms with van der Waals surface area (Å²) in [6.45, 7) is 9.71. The molecule has 0 N–H and O–H groups in total. The topological polar surface area (TPSA) is 32.8 Å². The molecule has 3 aliphatic rings. The van der Waals surface area contributed by atoms with Gasteiger partial charge in [0.05, 0.1) is 10.8 Å². The third kappa shape index (κ3) is 6.26. The van der Waals surface area contributed by atoms with Crippen LogP contribution in [-0.2, 0) is 21.7 Å². The Labute approximate surface area is 484 Å². The second-order valence-corrected chi connectivity index (χ2v) is 25.5. The van der Waals surface area contributed by atoms with Gasteiger partial charge < -0.3 is 18.6 Å². The summed E-state index contributed by atoms with van der Waals surface area (Å²) in [6.07, 6.45) is 0. The van der Waals surface area contributed by atoms with Crippen LogP contribution in [0.5, 0.6) is 0 Å². The Balaban J connectivity index is 1.04. The van der Waals surface area contributed by atoms with Crippen molar-refractivity contribution in [3.05, 3.63) is 320 Å². The van der Waals surface area contributed by atoms with Gasteiger partial charge in [0.25, 0.3) is 0 Å². The lowest BCUT2D eigenvalue weighted by Gasteiger charge is -2.55. The number of benzene rings is 10. The number of rotatable bonds is 6. The first-order valence-corrected chi connectivity index (χ1v) is 30.0. The van der Waals surface area contributed by atoms with E-state index in [1.807, 2.05) is 22.7 Å². The normalized spacial score (nSPS) is 15.5. The fraction of sp³-hybridized carbons (Fsp3) is 0.105. The molecule has 10 aromatic carbocycles. The molecule has 17 rings (SSSR count). The van der Waals surface area contributed by atoms with Crippen LogP contribution in [0.3, 0.4) is 0 Å². The number of fused-ring (bicyclic) bond motifs is 20. The van der Waals surface area contributed by atoms with Crippen molar-refractivity contribution in [3.8, 4) is 0 Å². The summed E-state index contributed by atoms with van der Waals surface area (Å²) >= 11 is 3.91. The minimum atomic E-state index is -0.771. The van der Waals surface area contributed by atoms with Crippen molar-refractivity contribution in [2.75, 3.05) is 9.80 Å². The summed E-state index contributed by atoms with van der Waals surface area (Å²) in [5.74, 6) is 0. The van der Waals surface area contributed by atoms with Crippen LogP contribution in [0.25, 0.3) is 43.9 Å². The van der Waals surface area contributed by atoms with Crippen LogP contribution in [0.2, 0.25) is 0 Å². The molecule has 2 spiro atoms. The minimum Gasteiger partial charge on any atom is -0.456 e. The summed E-state index contributed by atoms with van der Waals surface area (Å²) in [6, 6.07) is 95.1. The number of para-hydroxylation sites is 4. The van der Waals surface area contributed by atoms with Crippen LogP contribution in [0.15, 0.2) is 264 Å². The molecule has 0 bridgehead atoms. The van der Waals surface area contributed by atoms with Crippen molar-refractivity contribution in [2.24, 2.45) is 0 Å². The third-order valence-corrected chi connectivity index (χ3v) is 21.1. The van der Waals surface area contributed by atoms with Crippen LogP contribution in [0.4, 0.5) is 32.8 Å². The zero-order valence-electron chi connectivity index (χ0n) is 45.8. The predicted octanol–water partition coefficient (Wildman–Crippen LogP) is 20.9. The molecule has 0 radical (unpaired) electrons. The second-order valence-electron chi connectivity index (χ2n) is 23.5. The van der Waals surface area contributed by atoms with Crippen molar-refractivity contribution in [3.63, 3.8) is 0 Å². The van der Waals surface area contributed by atoms with Crippen molar-refractivity contribution in [1.29, 1.82) is 0 Å².